The summed E-state index contributed by atoms with van der Waals surface area (Å²) in [7, 11) is 2.09. The molecule has 0 saturated heterocycles. The molecule has 106 valence electrons. The second-order valence-corrected chi connectivity index (χ2v) is 5.72. The normalized spacial score (nSPS) is 12.8. The Kier molecular flexibility index (Phi) is 4.81. The standard InChI is InChI=1S/C17H23N3/c1-13(2)15(10-18)11-19-9-8-14-12-20(3)17-7-5-4-6-16(14)17/h4-7,12-13,15,19H,8-9,11H2,1-3H3. The van der Waals surface area contributed by atoms with Crippen LogP contribution in [0, 0.1) is 23.2 Å². The van der Waals surface area contributed by atoms with Gasteiger partial charge in [0.15, 0.2) is 0 Å². The topological polar surface area (TPSA) is 40.8 Å². The van der Waals surface area contributed by atoms with E-state index < -0.39 is 0 Å². The molecule has 0 aliphatic rings. The molecule has 0 saturated carbocycles. The second-order valence-electron chi connectivity index (χ2n) is 5.72. The molecule has 1 unspecified atom stereocenters. The number of hydrogen-bond donors (Lipinski definition) is 1. The van der Waals surface area contributed by atoms with Crippen molar-refractivity contribution in [2.45, 2.75) is 20.3 Å². The summed E-state index contributed by atoms with van der Waals surface area (Å²) >= 11 is 0. The van der Waals surface area contributed by atoms with Crippen LogP contribution in [0.5, 0.6) is 0 Å². The van der Waals surface area contributed by atoms with Gasteiger partial charge in [0.1, 0.15) is 0 Å². The minimum absolute atomic E-state index is 0.0996. The highest BCUT2D eigenvalue weighted by atomic mass is 14.9. The molecule has 3 heteroatoms. The summed E-state index contributed by atoms with van der Waals surface area (Å²) in [5.74, 6) is 0.507. The van der Waals surface area contributed by atoms with Crippen LogP contribution in [0.3, 0.4) is 0 Å². The minimum atomic E-state index is 0.0996. The van der Waals surface area contributed by atoms with Crippen LogP contribution >= 0.6 is 0 Å². The fourth-order valence-corrected chi connectivity index (χ4v) is 2.54. The van der Waals surface area contributed by atoms with Gasteiger partial charge >= 0.3 is 0 Å². The number of rotatable bonds is 6. The number of nitrogens with one attached hydrogen (secondary N) is 1. The predicted molar refractivity (Wildman–Crippen MR) is 83.4 cm³/mol. The third-order valence-corrected chi connectivity index (χ3v) is 3.89. The molecule has 0 spiro atoms. The van der Waals surface area contributed by atoms with E-state index in [1.165, 1.54) is 16.5 Å². The van der Waals surface area contributed by atoms with E-state index in [1.807, 2.05) is 0 Å². The number of nitriles is 1. The van der Waals surface area contributed by atoms with E-state index in [2.05, 4.69) is 67.3 Å². The molecule has 0 radical (unpaired) electrons. The third-order valence-electron chi connectivity index (χ3n) is 3.89. The molecule has 20 heavy (non-hydrogen) atoms. The molecule has 1 N–H and O–H groups in total. The molecule has 1 atom stereocenters. The largest absolute Gasteiger partial charge is 0.350 e. The first-order chi connectivity index (χ1) is 9.63. The maximum absolute atomic E-state index is 9.06. The SMILES string of the molecule is CC(C)C(C#N)CNCCc1cn(C)c2ccccc12. The molecule has 0 bridgehead atoms. The monoisotopic (exact) mass is 269 g/mol. The Morgan fingerprint density at radius 2 is 2.05 bits per heavy atom. The van der Waals surface area contributed by atoms with Crippen molar-refractivity contribution in [3.63, 3.8) is 0 Å². The zero-order valence-electron chi connectivity index (χ0n) is 12.6. The molecule has 0 amide bonds. The van der Waals surface area contributed by atoms with Crippen LogP contribution in [-0.2, 0) is 13.5 Å². The number of aromatic nitrogens is 1. The highest BCUT2D eigenvalue weighted by Gasteiger charge is 2.11. The summed E-state index contributed by atoms with van der Waals surface area (Å²) in [6, 6.07) is 10.9. The lowest BCUT2D eigenvalue weighted by Gasteiger charge is -2.13. The molecule has 2 rings (SSSR count). The van der Waals surface area contributed by atoms with Crippen molar-refractivity contribution >= 4 is 10.9 Å². The van der Waals surface area contributed by atoms with Crippen molar-refractivity contribution in [2.75, 3.05) is 13.1 Å². The van der Waals surface area contributed by atoms with Gasteiger partial charge < -0.3 is 9.88 Å². The van der Waals surface area contributed by atoms with Crippen molar-refractivity contribution in [1.82, 2.24) is 9.88 Å². The maximum atomic E-state index is 9.06. The third kappa shape index (κ3) is 3.20. The minimum Gasteiger partial charge on any atom is -0.350 e. The second kappa shape index (κ2) is 6.58. The van der Waals surface area contributed by atoms with E-state index in [0.717, 1.165) is 19.5 Å². The Labute approximate surface area is 121 Å². The summed E-state index contributed by atoms with van der Waals surface area (Å²) in [6.07, 6.45) is 3.20. The molecule has 0 aliphatic heterocycles. The Morgan fingerprint density at radius 1 is 1.30 bits per heavy atom. The van der Waals surface area contributed by atoms with Crippen molar-refractivity contribution < 1.29 is 0 Å². The van der Waals surface area contributed by atoms with Crippen molar-refractivity contribution in [1.29, 1.82) is 5.26 Å². The maximum Gasteiger partial charge on any atom is 0.0671 e. The van der Waals surface area contributed by atoms with Crippen LogP contribution in [0.2, 0.25) is 0 Å². The van der Waals surface area contributed by atoms with E-state index in [1.54, 1.807) is 0 Å². The first-order valence-corrected chi connectivity index (χ1v) is 7.26. The zero-order chi connectivity index (χ0) is 14.5. The van der Waals surface area contributed by atoms with E-state index >= 15 is 0 Å². The number of benzene rings is 1. The first kappa shape index (κ1) is 14.6. The molecule has 0 fully saturated rings. The average molecular weight is 269 g/mol. The summed E-state index contributed by atoms with van der Waals surface area (Å²) in [5, 5.41) is 13.8. The molecular weight excluding hydrogens is 246 g/mol. The smallest absolute Gasteiger partial charge is 0.0671 e. The Bertz CT molecular complexity index is 604. The number of fused-ring (bicyclic) bond motifs is 1. The van der Waals surface area contributed by atoms with Crippen LogP contribution in [-0.4, -0.2) is 17.7 Å². The molecule has 2 aromatic rings. The summed E-state index contributed by atoms with van der Waals surface area (Å²) in [6.45, 7) is 5.89. The van der Waals surface area contributed by atoms with Gasteiger partial charge in [-0.15, -0.1) is 0 Å². The van der Waals surface area contributed by atoms with Gasteiger partial charge in [-0.1, -0.05) is 32.0 Å². The molecule has 3 nitrogen and oxygen atoms in total. The Hall–Kier alpha value is -1.79. The van der Waals surface area contributed by atoms with Gasteiger partial charge in [-0.3, -0.25) is 0 Å². The lowest BCUT2D eigenvalue weighted by molar-refractivity contribution is 0.444. The highest BCUT2D eigenvalue weighted by Crippen LogP contribution is 2.20. The van der Waals surface area contributed by atoms with Gasteiger partial charge in [-0.2, -0.15) is 5.26 Å². The van der Waals surface area contributed by atoms with Gasteiger partial charge in [-0.25, -0.2) is 0 Å². The molecule has 1 aromatic heterocycles. The van der Waals surface area contributed by atoms with Crippen LogP contribution in [0.4, 0.5) is 0 Å². The zero-order valence-corrected chi connectivity index (χ0v) is 12.6. The van der Waals surface area contributed by atoms with Crippen LogP contribution in [0.1, 0.15) is 19.4 Å². The number of aryl methyl sites for hydroxylation is 1. The van der Waals surface area contributed by atoms with Crippen molar-refractivity contribution in [2.24, 2.45) is 18.9 Å². The molecule has 1 heterocycles. The first-order valence-electron chi connectivity index (χ1n) is 7.26. The fourth-order valence-electron chi connectivity index (χ4n) is 2.54. The number of hydrogen-bond acceptors (Lipinski definition) is 2. The van der Waals surface area contributed by atoms with Gasteiger partial charge in [0.05, 0.1) is 12.0 Å². The molecular formula is C17H23N3. The lowest BCUT2D eigenvalue weighted by Crippen LogP contribution is -2.26. The summed E-state index contributed by atoms with van der Waals surface area (Å²) in [4.78, 5) is 0. The van der Waals surface area contributed by atoms with Gasteiger partial charge in [0, 0.05) is 30.7 Å². The number of nitrogens with zero attached hydrogens (tertiary/aromatic N) is 2. The van der Waals surface area contributed by atoms with Crippen LogP contribution < -0.4 is 5.32 Å². The van der Waals surface area contributed by atoms with Crippen molar-refractivity contribution in [3.05, 3.63) is 36.0 Å². The van der Waals surface area contributed by atoms with E-state index in [4.69, 9.17) is 5.26 Å². The van der Waals surface area contributed by atoms with E-state index in [0.29, 0.717) is 5.92 Å². The van der Waals surface area contributed by atoms with Crippen LogP contribution in [0.25, 0.3) is 10.9 Å². The van der Waals surface area contributed by atoms with E-state index in [-0.39, 0.29) is 5.92 Å². The average Bonchev–Trinajstić information content (AvgIpc) is 2.76. The fraction of sp³-hybridized carbons (Fsp3) is 0.471. The Morgan fingerprint density at radius 3 is 2.75 bits per heavy atom. The van der Waals surface area contributed by atoms with Gasteiger partial charge in [-0.05, 0) is 30.5 Å². The van der Waals surface area contributed by atoms with E-state index in [9.17, 15) is 0 Å². The van der Waals surface area contributed by atoms with Crippen LogP contribution in [0.15, 0.2) is 30.5 Å². The van der Waals surface area contributed by atoms with Gasteiger partial charge in [0.25, 0.3) is 0 Å². The predicted octanol–water partition coefficient (Wildman–Crippen LogP) is 3.11. The number of para-hydroxylation sites is 1. The quantitative estimate of drug-likeness (QED) is 0.819. The highest BCUT2D eigenvalue weighted by molar-refractivity contribution is 5.83. The Balaban J connectivity index is 1.92. The summed E-state index contributed by atoms with van der Waals surface area (Å²) in [5.41, 5.74) is 2.65. The van der Waals surface area contributed by atoms with Crippen molar-refractivity contribution in [3.8, 4) is 6.07 Å². The summed E-state index contributed by atoms with van der Waals surface area (Å²) < 4.78 is 2.18. The lowest BCUT2D eigenvalue weighted by atomic mass is 9.97. The van der Waals surface area contributed by atoms with Gasteiger partial charge in [0.2, 0.25) is 0 Å². The molecule has 1 aromatic carbocycles. The molecule has 0 aliphatic carbocycles.